The Morgan fingerprint density at radius 3 is 2.15 bits per heavy atom. The Bertz CT molecular complexity index is 1030. The second kappa shape index (κ2) is 11.4. The lowest BCUT2D eigenvalue weighted by atomic mass is 10.1. The number of amides is 4. The van der Waals surface area contributed by atoms with E-state index < -0.39 is 6.04 Å². The molecule has 1 heterocycles. The fourth-order valence-electron chi connectivity index (χ4n) is 3.81. The van der Waals surface area contributed by atoms with Crippen LogP contribution in [0, 0.1) is 0 Å². The molecule has 1 aliphatic rings. The zero-order valence-electron chi connectivity index (χ0n) is 19.7. The molecule has 3 rings (SSSR count). The van der Waals surface area contributed by atoms with Gasteiger partial charge in [-0.1, -0.05) is 47.1 Å². The van der Waals surface area contributed by atoms with Crippen molar-refractivity contribution < 1.29 is 19.2 Å². The highest BCUT2D eigenvalue weighted by Gasteiger charge is 2.35. The predicted octanol–water partition coefficient (Wildman–Crippen LogP) is 4.16. The molecule has 0 fully saturated rings. The monoisotopic (exact) mass is 527 g/mol. The van der Waals surface area contributed by atoms with Crippen LogP contribution in [0.3, 0.4) is 0 Å². The molecule has 0 aromatic heterocycles. The number of halogens is 1. The quantitative estimate of drug-likeness (QED) is 0.470. The molecule has 8 heteroatoms. The highest BCUT2D eigenvalue weighted by Crippen LogP contribution is 2.23. The van der Waals surface area contributed by atoms with Gasteiger partial charge in [0.1, 0.15) is 6.04 Å². The van der Waals surface area contributed by atoms with Crippen LogP contribution in [-0.4, -0.2) is 52.1 Å². The first-order chi connectivity index (χ1) is 16.2. The summed E-state index contributed by atoms with van der Waals surface area (Å²) in [6.07, 6.45) is 1.23. The van der Waals surface area contributed by atoms with Crippen LogP contribution in [0.1, 0.15) is 66.3 Å². The van der Waals surface area contributed by atoms with Crippen LogP contribution in [0.4, 0.5) is 0 Å². The van der Waals surface area contributed by atoms with Crippen molar-refractivity contribution >= 4 is 39.6 Å². The van der Waals surface area contributed by atoms with Gasteiger partial charge in [0, 0.05) is 30.0 Å². The molecule has 4 amide bonds. The van der Waals surface area contributed by atoms with Crippen LogP contribution >= 0.6 is 15.9 Å². The first-order valence-electron chi connectivity index (χ1n) is 11.5. The number of hydrogen-bond donors (Lipinski definition) is 1. The van der Waals surface area contributed by atoms with Crippen molar-refractivity contribution in [3.8, 4) is 0 Å². The van der Waals surface area contributed by atoms with Crippen LogP contribution in [0.2, 0.25) is 0 Å². The lowest BCUT2D eigenvalue weighted by Crippen LogP contribution is -2.49. The normalized spacial score (nSPS) is 14.5. The molecular formula is C26H30BrN3O4. The lowest BCUT2D eigenvalue weighted by Gasteiger charge is -2.30. The number of benzene rings is 2. The highest BCUT2D eigenvalue weighted by molar-refractivity contribution is 9.10. The average Bonchev–Trinajstić information content (AvgIpc) is 3.08. The number of imide groups is 1. The summed E-state index contributed by atoms with van der Waals surface area (Å²) in [4.78, 5) is 53.9. The Labute approximate surface area is 208 Å². The molecule has 2 aromatic rings. The lowest BCUT2D eigenvalue weighted by molar-refractivity contribution is -0.141. The van der Waals surface area contributed by atoms with E-state index in [2.05, 4.69) is 21.2 Å². The van der Waals surface area contributed by atoms with Gasteiger partial charge in [-0.25, -0.2) is 0 Å². The SMILES string of the molecule is CC[C@@H](C)NC(=O)[C@@H](C)N(Cc1ccc(Br)cc1)C(=O)CCCN1C(=O)c2ccccc2C1=O. The van der Waals surface area contributed by atoms with Gasteiger partial charge in [0.15, 0.2) is 0 Å². The van der Waals surface area contributed by atoms with Crippen LogP contribution < -0.4 is 5.32 Å². The van der Waals surface area contributed by atoms with E-state index in [9.17, 15) is 19.2 Å². The summed E-state index contributed by atoms with van der Waals surface area (Å²) >= 11 is 3.41. The molecule has 0 saturated heterocycles. The molecule has 1 aliphatic heterocycles. The Morgan fingerprint density at radius 2 is 1.59 bits per heavy atom. The smallest absolute Gasteiger partial charge is 0.261 e. The molecule has 180 valence electrons. The number of nitrogens with zero attached hydrogens (tertiary/aromatic N) is 2. The molecule has 1 N–H and O–H groups in total. The van der Waals surface area contributed by atoms with Crippen molar-refractivity contribution in [3.63, 3.8) is 0 Å². The Kier molecular flexibility index (Phi) is 8.61. The van der Waals surface area contributed by atoms with Gasteiger partial charge < -0.3 is 10.2 Å². The van der Waals surface area contributed by atoms with Crippen molar-refractivity contribution in [2.45, 2.75) is 58.7 Å². The molecule has 0 radical (unpaired) electrons. The van der Waals surface area contributed by atoms with E-state index in [1.165, 1.54) is 4.90 Å². The molecule has 2 aromatic carbocycles. The van der Waals surface area contributed by atoms with E-state index in [4.69, 9.17) is 0 Å². The summed E-state index contributed by atoms with van der Waals surface area (Å²) in [7, 11) is 0. The Balaban J connectivity index is 1.67. The van der Waals surface area contributed by atoms with Crippen molar-refractivity contribution in [3.05, 3.63) is 69.7 Å². The molecule has 0 unspecified atom stereocenters. The third kappa shape index (κ3) is 5.91. The maximum absolute atomic E-state index is 13.2. The summed E-state index contributed by atoms with van der Waals surface area (Å²) < 4.78 is 0.928. The topological polar surface area (TPSA) is 86.8 Å². The van der Waals surface area contributed by atoms with Gasteiger partial charge in [0.2, 0.25) is 11.8 Å². The number of carbonyl (C=O) groups excluding carboxylic acids is 4. The zero-order chi connectivity index (χ0) is 24.8. The molecule has 0 bridgehead atoms. The van der Waals surface area contributed by atoms with E-state index in [0.717, 1.165) is 16.5 Å². The van der Waals surface area contributed by atoms with Gasteiger partial charge in [0.05, 0.1) is 11.1 Å². The number of hydrogen-bond acceptors (Lipinski definition) is 4. The van der Waals surface area contributed by atoms with Crippen molar-refractivity contribution in [1.82, 2.24) is 15.1 Å². The summed E-state index contributed by atoms with van der Waals surface area (Å²) in [5, 5.41) is 2.94. The number of nitrogens with one attached hydrogen (secondary N) is 1. The molecule has 2 atom stereocenters. The van der Waals surface area contributed by atoms with Crippen molar-refractivity contribution in [2.75, 3.05) is 6.54 Å². The van der Waals surface area contributed by atoms with Crippen LogP contribution in [0.25, 0.3) is 0 Å². The predicted molar refractivity (Wildman–Crippen MR) is 133 cm³/mol. The van der Waals surface area contributed by atoms with E-state index in [1.54, 1.807) is 36.1 Å². The third-order valence-electron chi connectivity index (χ3n) is 6.09. The second-order valence-electron chi connectivity index (χ2n) is 8.55. The molecule has 34 heavy (non-hydrogen) atoms. The van der Waals surface area contributed by atoms with Gasteiger partial charge >= 0.3 is 0 Å². The first kappa shape index (κ1) is 25.6. The van der Waals surface area contributed by atoms with Crippen LogP contribution in [-0.2, 0) is 16.1 Å². The molecule has 0 aliphatic carbocycles. The number of rotatable bonds is 10. The van der Waals surface area contributed by atoms with Crippen LogP contribution in [0.15, 0.2) is 53.0 Å². The summed E-state index contributed by atoms with van der Waals surface area (Å²) in [5.74, 6) is -1.08. The maximum Gasteiger partial charge on any atom is 0.261 e. The van der Waals surface area contributed by atoms with Gasteiger partial charge in [-0.15, -0.1) is 0 Å². The van der Waals surface area contributed by atoms with E-state index in [0.29, 0.717) is 17.5 Å². The minimum absolute atomic E-state index is 0.00778. The molecule has 7 nitrogen and oxygen atoms in total. The molecule has 0 saturated carbocycles. The standard InChI is InChI=1S/C26H30BrN3O4/c1-4-17(2)28-24(32)18(3)30(16-19-11-13-20(27)14-12-19)23(31)10-7-15-29-25(33)21-8-5-6-9-22(21)26(29)34/h5-6,8-9,11-14,17-18H,4,7,10,15-16H2,1-3H3,(H,28,32)/t17-,18-/m1/s1. The maximum atomic E-state index is 13.2. The fraction of sp³-hybridized carbons (Fsp3) is 0.385. The van der Waals surface area contributed by atoms with Crippen LogP contribution in [0.5, 0.6) is 0 Å². The highest BCUT2D eigenvalue weighted by atomic mass is 79.9. The molecule has 0 spiro atoms. The molecular weight excluding hydrogens is 498 g/mol. The number of fused-ring (bicyclic) bond motifs is 1. The average molecular weight is 528 g/mol. The van der Waals surface area contributed by atoms with E-state index >= 15 is 0 Å². The number of carbonyl (C=O) groups is 4. The summed E-state index contributed by atoms with van der Waals surface area (Å²) in [5.41, 5.74) is 1.69. The Morgan fingerprint density at radius 1 is 1.00 bits per heavy atom. The van der Waals surface area contributed by atoms with Gasteiger partial charge in [-0.2, -0.15) is 0 Å². The summed E-state index contributed by atoms with van der Waals surface area (Å²) in [6.45, 7) is 6.07. The second-order valence-corrected chi connectivity index (χ2v) is 9.47. The van der Waals surface area contributed by atoms with Gasteiger partial charge in [-0.05, 0) is 56.5 Å². The van der Waals surface area contributed by atoms with Crippen molar-refractivity contribution in [2.24, 2.45) is 0 Å². The third-order valence-corrected chi connectivity index (χ3v) is 6.61. The first-order valence-corrected chi connectivity index (χ1v) is 12.3. The largest absolute Gasteiger partial charge is 0.352 e. The Hall–Kier alpha value is -3.00. The van der Waals surface area contributed by atoms with E-state index in [1.807, 2.05) is 38.1 Å². The van der Waals surface area contributed by atoms with Gasteiger partial charge in [-0.3, -0.25) is 24.1 Å². The zero-order valence-corrected chi connectivity index (χ0v) is 21.3. The van der Waals surface area contributed by atoms with Gasteiger partial charge in [0.25, 0.3) is 11.8 Å². The fourth-order valence-corrected chi connectivity index (χ4v) is 4.07. The van der Waals surface area contributed by atoms with E-state index in [-0.39, 0.29) is 49.2 Å². The van der Waals surface area contributed by atoms with Crippen molar-refractivity contribution in [1.29, 1.82) is 0 Å². The minimum Gasteiger partial charge on any atom is -0.352 e. The minimum atomic E-state index is -0.663. The summed E-state index contributed by atoms with van der Waals surface area (Å²) in [6, 6.07) is 13.7.